The van der Waals surface area contributed by atoms with E-state index in [9.17, 15) is 14.7 Å². The largest absolute Gasteiger partial charge is 0.508 e. The number of carbonyl (C=O) groups is 2. The zero-order valence-electron chi connectivity index (χ0n) is 17.4. The lowest BCUT2D eigenvalue weighted by molar-refractivity contribution is 0.0597. The Morgan fingerprint density at radius 3 is 2.71 bits per heavy atom. The van der Waals surface area contributed by atoms with Crippen LogP contribution in [0, 0.1) is 0 Å². The van der Waals surface area contributed by atoms with E-state index in [-0.39, 0.29) is 40.4 Å². The van der Waals surface area contributed by atoms with Crippen molar-refractivity contribution in [3.05, 3.63) is 52.5 Å². The number of carbonyl (C=O) groups excluding carboxylic acids is 2. The number of hydrogen-bond donors (Lipinski definition) is 2. The quantitative estimate of drug-likeness (QED) is 0.620. The maximum absolute atomic E-state index is 13.1. The molecule has 0 radical (unpaired) electrons. The smallest absolute Gasteiger partial charge is 0.341 e. The van der Waals surface area contributed by atoms with Crippen LogP contribution in [-0.2, 0) is 16.0 Å². The maximum Gasteiger partial charge on any atom is 0.341 e. The Bertz CT molecular complexity index is 946. The SMILES string of the molecule is COC(=O)c1cc(Cl)c(NC(=O)N(Cc2ccccc2O)C[C@@H]2CCCO2)cc1OC. The number of halogens is 1. The third-order valence-electron chi connectivity index (χ3n) is 5.02. The second-order valence-electron chi connectivity index (χ2n) is 7.10. The molecule has 1 aliphatic rings. The van der Waals surface area contributed by atoms with Gasteiger partial charge in [-0.2, -0.15) is 0 Å². The molecule has 2 aromatic carbocycles. The molecule has 0 aromatic heterocycles. The number of amides is 2. The standard InChI is InChI=1S/C22H25ClN2O6/c1-29-20-11-18(17(23)10-16(20)21(27)30-2)24-22(28)25(13-15-7-5-9-31-15)12-14-6-3-4-8-19(14)26/h3-4,6,8,10-11,15,26H,5,7,9,12-13H2,1-2H3,(H,24,28)/t15-/m0/s1. The molecular formula is C22H25ClN2O6. The van der Waals surface area contributed by atoms with Gasteiger partial charge in [0.15, 0.2) is 0 Å². The molecule has 2 N–H and O–H groups in total. The average Bonchev–Trinajstić information content (AvgIpc) is 3.28. The molecule has 0 bridgehead atoms. The number of anilines is 1. The van der Waals surface area contributed by atoms with E-state index in [4.69, 9.17) is 25.8 Å². The van der Waals surface area contributed by atoms with Gasteiger partial charge in [0.25, 0.3) is 0 Å². The number of aromatic hydroxyl groups is 1. The number of phenols is 1. The molecule has 1 fully saturated rings. The summed E-state index contributed by atoms with van der Waals surface area (Å²) in [5.74, 6) is -0.274. The molecule has 1 aliphatic heterocycles. The summed E-state index contributed by atoms with van der Waals surface area (Å²) < 4.78 is 15.7. The molecule has 2 aromatic rings. The van der Waals surface area contributed by atoms with Crippen molar-refractivity contribution in [1.82, 2.24) is 4.90 Å². The van der Waals surface area contributed by atoms with E-state index in [1.807, 2.05) is 0 Å². The van der Waals surface area contributed by atoms with E-state index < -0.39 is 12.0 Å². The molecule has 3 rings (SSSR count). The summed E-state index contributed by atoms with van der Waals surface area (Å²) in [4.78, 5) is 26.6. The first kappa shape index (κ1) is 22.7. The number of esters is 1. The highest BCUT2D eigenvalue weighted by Crippen LogP contribution is 2.32. The Labute approximate surface area is 185 Å². The van der Waals surface area contributed by atoms with Gasteiger partial charge in [-0.05, 0) is 25.0 Å². The minimum Gasteiger partial charge on any atom is -0.508 e. The molecule has 0 aliphatic carbocycles. The fourth-order valence-corrected chi connectivity index (χ4v) is 3.60. The Hall–Kier alpha value is -2.97. The number of ether oxygens (including phenoxy) is 3. The number of nitrogens with zero attached hydrogens (tertiary/aromatic N) is 1. The van der Waals surface area contributed by atoms with Crippen molar-refractivity contribution in [1.29, 1.82) is 0 Å². The summed E-state index contributed by atoms with van der Waals surface area (Å²) >= 11 is 6.30. The molecular weight excluding hydrogens is 424 g/mol. The van der Waals surface area contributed by atoms with Crippen molar-refractivity contribution >= 4 is 29.3 Å². The van der Waals surface area contributed by atoms with Gasteiger partial charge >= 0.3 is 12.0 Å². The van der Waals surface area contributed by atoms with E-state index in [1.54, 1.807) is 29.2 Å². The van der Waals surface area contributed by atoms with Gasteiger partial charge in [-0.15, -0.1) is 0 Å². The van der Waals surface area contributed by atoms with Crippen LogP contribution in [-0.4, -0.2) is 55.5 Å². The Balaban J connectivity index is 1.83. The fraction of sp³-hybridized carbons (Fsp3) is 0.364. The van der Waals surface area contributed by atoms with Gasteiger partial charge in [-0.25, -0.2) is 9.59 Å². The van der Waals surface area contributed by atoms with E-state index in [1.165, 1.54) is 26.4 Å². The van der Waals surface area contributed by atoms with Crippen LogP contribution < -0.4 is 10.1 Å². The number of hydrogen-bond acceptors (Lipinski definition) is 6. The van der Waals surface area contributed by atoms with Crippen LogP contribution in [0.3, 0.4) is 0 Å². The molecule has 1 atom stereocenters. The Morgan fingerprint density at radius 2 is 2.06 bits per heavy atom. The van der Waals surface area contributed by atoms with E-state index >= 15 is 0 Å². The van der Waals surface area contributed by atoms with Crippen molar-refractivity contribution in [2.75, 3.05) is 32.7 Å². The number of methoxy groups -OCH3 is 2. The predicted molar refractivity (Wildman–Crippen MR) is 116 cm³/mol. The van der Waals surface area contributed by atoms with Crippen LogP contribution in [0.4, 0.5) is 10.5 Å². The van der Waals surface area contributed by atoms with Gasteiger partial charge in [-0.3, -0.25) is 0 Å². The van der Waals surface area contributed by atoms with E-state index in [2.05, 4.69) is 5.32 Å². The number of benzene rings is 2. The monoisotopic (exact) mass is 448 g/mol. The normalized spacial score (nSPS) is 15.4. The zero-order valence-corrected chi connectivity index (χ0v) is 18.1. The van der Waals surface area contributed by atoms with Crippen LogP contribution in [0.5, 0.6) is 11.5 Å². The lowest BCUT2D eigenvalue weighted by Crippen LogP contribution is -2.39. The summed E-state index contributed by atoms with van der Waals surface area (Å²) in [6.07, 6.45) is 1.71. The van der Waals surface area contributed by atoms with Gasteiger partial charge in [0, 0.05) is 24.8 Å². The second-order valence-corrected chi connectivity index (χ2v) is 7.51. The highest BCUT2D eigenvalue weighted by Gasteiger charge is 2.25. The summed E-state index contributed by atoms with van der Waals surface area (Å²) in [5, 5.41) is 13.1. The lowest BCUT2D eigenvalue weighted by atomic mass is 10.1. The molecule has 2 amide bonds. The van der Waals surface area contributed by atoms with Gasteiger partial charge in [0.05, 0.1) is 37.6 Å². The second kappa shape index (κ2) is 10.4. The summed E-state index contributed by atoms with van der Waals surface area (Å²) in [6, 6.07) is 9.28. The van der Waals surface area contributed by atoms with Crippen molar-refractivity contribution < 1.29 is 28.9 Å². The minimum absolute atomic E-state index is 0.0803. The molecule has 0 spiro atoms. The van der Waals surface area contributed by atoms with Gasteiger partial charge in [0.2, 0.25) is 0 Å². The molecule has 8 nitrogen and oxygen atoms in total. The van der Waals surface area contributed by atoms with Crippen molar-refractivity contribution in [2.24, 2.45) is 0 Å². The first-order valence-corrected chi connectivity index (χ1v) is 10.2. The van der Waals surface area contributed by atoms with Crippen LogP contribution in [0.25, 0.3) is 0 Å². The number of rotatable bonds is 7. The summed E-state index contributed by atoms with van der Waals surface area (Å²) in [6.45, 7) is 1.21. The Kier molecular flexibility index (Phi) is 7.59. The lowest BCUT2D eigenvalue weighted by Gasteiger charge is -2.26. The van der Waals surface area contributed by atoms with Crippen LogP contribution in [0.1, 0.15) is 28.8 Å². The van der Waals surface area contributed by atoms with Gasteiger partial charge in [0.1, 0.15) is 17.1 Å². The van der Waals surface area contributed by atoms with E-state index in [0.717, 1.165) is 12.8 Å². The number of para-hydroxylation sites is 1. The number of nitrogens with one attached hydrogen (secondary N) is 1. The molecule has 31 heavy (non-hydrogen) atoms. The van der Waals surface area contributed by atoms with Gasteiger partial charge < -0.3 is 29.5 Å². The molecule has 1 heterocycles. The van der Waals surface area contributed by atoms with Crippen LogP contribution in [0.15, 0.2) is 36.4 Å². The topological polar surface area (TPSA) is 97.3 Å². The zero-order chi connectivity index (χ0) is 22.4. The third-order valence-corrected chi connectivity index (χ3v) is 5.34. The highest BCUT2D eigenvalue weighted by atomic mass is 35.5. The fourth-order valence-electron chi connectivity index (χ4n) is 3.39. The Morgan fingerprint density at radius 1 is 1.29 bits per heavy atom. The third kappa shape index (κ3) is 5.59. The first-order valence-electron chi connectivity index (χ1n) is 9.83. The maximum atomic E-state index is 13.1. The molecule has 9 heteroatoms. The highest BCUT2D eigenvalue weighted by molar-refractivity contribution is 6.34. The predicted octanol–water partition coefficient (Wildman–Crippen LogP) is 4.05. The van der Waals surface area contributed by atoms with E-state index in [0.29, 0.717) is 18.7 Å². The summed E-state index contributed by atoms with van der Waals surface area (Å²) in [7, 11) is 2.66. The number of phenolic OH excluding ortho intramolecular Hbond substituents is 1. The first-order chi connectivity index (χ1) is 14.9. The molecule has 0 saturated carbocycles. The molecule has 1 saturated heterocycles. The average molecular weight is 449 g/mol. The van der Waals surface area contributed by atoms with Gasteiger partial charge in [-0.1, -0.05) is 29.8 Å². The summed E-state index contributed by atoms with van der Waals surface area (Å²) in [5.41, 5.74) is 1.05. The van der Waals surface area contributed by atoms with Crippen molar-refractivity contribution in [3.63, 3.8) is 0 Å². The molecule has 166 valence electrons. The van der Waals surface area contributed by atoms with Crippen LogP contribution >= 0.6 is 11.6 Å². The van der Waals surface area contributed by atoms with Crippen molar-refractivity contribution in [3.8, 4) is 11.5 Å². The number of urea groups is 1. The van der Waals surface area contributed by atoms with Crippen LogP contribution in [0.2, 0.25) is 5.02 Å². The molecule has 0 unspecified atom stereocenters. The van der Waals surface area contributed by atoms with Crippen molar-refractivity contribution in [2.45, 2.75) is 25.5 Å². The minimum atomic E-state index is -0.601.